The van der Waals surface area contributed by atoms with E-state index in [2.05, 4.69) is 48.2 Å². The summed E-state index contributed by atoms with van der Waals surface area (Å²) in [6, 6.07) is 22.7. The highest BCUT2D eigenvalue weighted by Gasteiger charge is 2.37. The van der Waals surface area contributed by atoms with Crippen LogP contribution in [-0.2, 0) is 4.74 Å². The molecule has 2 aromatic rings. The van der Waals surface area contributed by atoms with Crippen LogP contribution in [0.15, 0.2) is 89.0 Å². The summed E-state index contributed by atoms with van der Waals surface area (Å²) in [6.45, 7) is 4.76. The van der Waals surface area contributed by atoms with Gasteiger partial charge in [-0.2, -0.15) is 5.26 Å². The second kappa shape index (κ2) is 8.38. The number of rotatable bonds is 4. The third-order valence-corrected chi connectivity index (χ3v) is 5.42. The van der Waals surface area contributed by atoms with Crippen LogP contribution in [0, 0.1) is 11.3 Å². The minimum absolute atomic E-state index is 0.177. The summed E-state index contributed by atoms with van der Waals surface area (Å²) >= 11 is 0. The number of nitrogens with zero attached hydrogens (tertiary/aromatic N) is 2. The lowest BCUT2D eigenvalue weighted by atomic mass is 9.80. The molecule has 4 nitrogen and oxygen atoms in total. The molecule has 4 heteroatoms. The van der Waals surface area contributed by atoms with Crippen LogP contribution in [0.25, 0.3) is 6.08 Å². The zero-order chi connectivity index (χ0) is 20.2. The van der Waals surface area contributed by atoms with Gasteiger partial charge < -0.3 is 10.5 Å². The molecular formula is C25H25N3O. The number of allylic oxidation sites excluding steroid dienone is 1. The number of hydrogen-bond acceptors (Lipinski definition) is 4. The van der Waals surface area contributed by atoms with Gasteiger partial charge in [0.2, 0.25) is 5.88 Å². The monoisotopic (exact) mass is 383 g/mol. The minimum atomic E-state index is -0.177. The Bertz CT molecular complexity index is 1010. The molecule has 0 aliphatic carbocycles. The highest BCUT2D eigenvalue weighted by Crippen LogP contribution is 2.43. The van der Waals surface area contributed by atoms with Crippen molar-refractivity contribution in [2.75, 3.05) is 19.6 Å². The van der Waals surface area contributed by atoms with Crippen molar-refractivity contribution in [2.45, 2.75) is 19.3 Å². The molecule has 2 aromatic carbocycles. The van der Waals surface area contributed by atoms with Crippen molar-refractivity contribution in [2.24, 2.45) is 5.73 Å². The van der Waals surface area contributed by atoms with Crippen molar-refractivity contribution in [3.05, 3.63) is 100 Å². The second-order valence-electron chi connectivity index (χ2n) is 7.48. The van der Waals surface area contributed by atoms with E-state index in [0.717, 1.165) is 54.1 Å². The number of benzene rings is 2. The Kier molecular flexibility index (Phi) is 5.50. The first-order valence-electron chi connectivity index (χ1n) is 10.0. The zero-order valence-corrected chi connectivity index (χ0v) is 16.6. The summed E-state index contributed by atoms with van der Waals surface area (Å²) in [5.74, 6) is 0.860. The Morgan fingerprint density at radius 2 is 1.79 bits per heavy atom. The quantitative estimate of drug-likeness (QED) is 0.841. The van der Waals surface area contributed by atoms with E-state index in [9.17, 15) is 5.26 Å². The van der Waals surface area contributed by atoms with Gasteiger partial charge in [0, 0.05) is 18.7 Å². The average Bonchev–Trinajstić information content (AvgIpc) is 2.75. The van der Waals surface area contributed by atoms with E-state index < -0.39 is 0 Å². The molecule has 2 aliphatic rings. The molecule has 0 saturated heterocycles. The lowest BCUT2D eigenvalue weighted by Crippen LogP contribution is -2.38. The van der Waals surface area contributed by atoms with Crippen molar-refractivity contribution >= 4 is 6.08 Å². The summed E-state index contributed by atoms with van der Waals surface area (Å²) < 4.78 is 6.08. The van der Waals surface area contributed by atoms with Crippen LogP contribution < -0.4 is 5.73 Å². The predicted octanol–water partition coefficient (Wildman–Crippen LogP) is 4.56. The third-order valence-electron chi connectivity index (χ3n) is 5.42. The fraction of sp³-hybridized carbons (Fsp3) is 0.240. The largest absolute Gasteiger partial charge is 0.440 e. The highest BCUT2D eigenvalue weighted by atomic mass is 16.5. The van der Waals surface area contributed by atoms with E-state index >= 15 is 0 Å². The number of hydrogen-bond donors (Lipinski definition) is 1. The van der Waals surface area contributed by atoms with Gasteiger partial charge in [0.15, 0.2) is 0 Å². The van der Waals surface area contributed by atoms with Gasteiger partial charge >= 0.3 is 0 Å². The van der Waals surface area contributed by atoms with Gasteiger partial charge in [-0.3, -0.25) is 4.90 Å². The molecule has 0 bridgehead atoms. The number of ether oxygens (including phenoxy) is 1. The van der Waals surface area contributed by atoms with Gasteiger partial charge in [0.05, 0.1) is 5.92 Å². The normalized spacial score (nSPS) is 21.0. The van der Waals surface area contributed by atoms with Crippen LogP contribution in [0.1, 0.15) is 30.4 Å². The fourth-order valence-electron chi connectivity index (χ4n) is 4.19. The molecule has 0 aromatic heterocycles. The molecule has 2 aliphatic heterocycles. The van der Waals surface area contributed by atoms with Gasteiger partial charge in [-0.05, 0) is 35.7 Å². The maximum Gasteiger partial charge on any atom is 0.205 e. The van der Waals surface area contributed by atoms with Crippen molar-refractivity contribution < 1.29 is 4.74 Å². The van der Waals surface area contributed by atoms with Crippen LogP contribution in [0.2, 0.25) is 0 Å². The Hall–Kier alpha value is -3.29. The summed E-state index contributed by atoms with van der Waals surface area (Å²) in [4.78, 5) is 2.42. The van der Waals surface area contributed by atoms with Crippen LogP contribution in [-0.4, -0.2) is 24.5 Å². The smallest absolute Gasteiger partial charge is 0.205 e. The molecule has 0 fully saturated rings. The topological polar surface area (TPSA) is 62.3 Å². The molecular weight excluding hydrogens is 358 g/mol. The molecule has 2 N–H and O–H groups in total. The van der Waals surface area contributed by atoms with Gasteiger partial charge in [0.25, 0.3) is 0 Å². The first-order valence-corrected chi connectivity index (χ1v) is 10.0. The van der Waals surface area contributed by atoms with Gasteiger partial charge in [-0.25, -0.2) is 0 Å². The zero-order valence-electron chi connectivity index (χ0n) is 16.6. The van der Waals surface area contributed by atoms with Crippen LogP contribution in [0.4, 0.5) is 0 Å². The summed E-state index contributed by atoms with van der Waals surface area (Å²) in [7, 11) is 0. The van der Waals surface area contributed by atoms with E-state index in [1.807, 2.05) is 36.4 Å². The average molecular weight is 383 g/mol. The van der Waals surface area contributed by atoms with Gasteiger partial charge in [-0.15, -0.1) is 0 Å². The SMILES string of the molecule is CCCN1CC2=C(OC(N)=C(C#N)[C@H]2c2ccccc2)/C(=C\c2ccccc2)C1. The van der Waals surface area contributed by atoms with Crippen molar-refractivity contribution in [3.63, 3.8) is 0 Å². The van der Waals surface area contributed by atoms with E-state index in [0.29, 0.717) is 5.57 Å². The third kappa shape index (κ3) is 3.83. The summed E-state index contributed by atoms with van der Waals surface area (Å²) in [6.07, 6.45) is 3.24. The first-order chi connectivity index (χ1) is 14.2. The van der Waals surface area contributed by atoms with E-state index in [4.69, 9.17) is 10.5 Å². The Morgan fingerprint density at radius 1 is 1.10 bits per heavy atom. The molecule has 29 heavy (non-hydrogen) atoms. The maximum atomic E-state index is 9.84. The summed E-state index contributed by atoms with van der Waals surface area (Å²) in [5, 5.41) is 9.84. The molecule has 0 spiro atoms. The van der Waals surface area contributed by atoms with Crippen LogP contribution >= 0.6 is 0 Å². The number of nitriles is 1. The van der Waals surface area contributed by atoms with E-state index in [-0.39, 0.29) is 11.8 Å². The molecule has 0 saturated carbocycles. The molecule has 0 amide bonds. The summed E-state index contributed by atoms with van der Waals surface area (Å²) in [5.41, 5.74) is 11.1. The van der Waals surface area contributed by atoms with Crippen molar-refractivity contribution in [1.29, 1.82) is 5.26 Å². The Morgan fingerprint density at radius 3 is 2.45 bits per heavy atom. The second-order valence-corrected chi connectivity index (χ2v) is 7.48. The molecule has 4 rings (SSSR count). The Labute approximate surface area is 172 Å². The first kappa shape index (κ1) is 19.0. The predicted molar refractivity (Wildman–Crippen MR) is 115 cm³/mol. The lowest BCUT2D eigenvalue weighted by molar-refractivity contribution is 0.234. The minimum Gasteiger partial charge on any atom is -0.440 e. The highest BCUT2D eigenvalue weighted by molar-refractivity contribution is 5.63. The standard InChI is InChI=1S/C25H25N3O/c1-2-13-28-16-20(14-18-9-5-3-6-10-18)24-22(17-28)23(19-11-7-4-8-12-19)21(15-26)25(27)29-24/h3-12,14,23H,2,13,16-17,27H2,1H3/b20-14-/t23-/m1/s1. The molecule has 2 heterocycles. The molecule has 146 valence electrons. The number of nitrogens with two attached hydrogens (primary N) is 1. The lowest BCUT2D eigenvalue weighted by Gasteiger charge is -2.38. The van der Waals surface area contributed by atoms with E-state index in [1.54, 1.807) is 0 Å². The van der Waals surface area contributed by atoms with Crippen LogP contribution in [0.3, 0.4) is 0 Å². The van der Waals surface area contributed by atoms with Crippen molar-refractivity contribution in [3.8, 4) is 6.07 Å². The van der Waals surface area contributed by atoms with Crippen molar-refractivity contribution in [1.82, 2.24) is 4.90 Å². The Balaban J connectivity index is 1.86. The molecule has 0 radical (unpaired) electrons. The van der Waals surface area contributed by atoms with Gasteiger partial charge in [-0.1, -0.05) is 67.6 Å². The van der Waals surface area contributed by atoms with E-state index in [1.165, 1.54) is 0 Å². The van der Waals surface area contributed by atoms with Gasteiger partial charge in [0.1, 0.15) is 17.4 Å². The van der Waals surface area contributed by atoms with Crippen LogP contribution in [0.5, 0.6) is 0 Å². The molecule has 0 unspecified atom stereocenters. The fourth-order valence-corrected chi connectivity index (χ4v) is 4.19. The maximum absolute atomic E-state index is 9.84. The molecule has 1 atom stereocenters.